The van der Waals surface area contributed by atoms with Crippen LogP contribution in [-0.2, 0) is 6.18 Å². The lowest BCUT2D eigenvalue weighted by Crippen LogP contribution is -2.09. The molecule has 100 valence electrons. The van der Waals surface area contributed by atoms with Gasteiger partial charge in [-0.15, -0.1) is 0 Å². The van der Waals surface area contributed by atoms with Crippen LogP contribution in [0.15, 0.2) is 46.9 Å². The minimum atomic E-state index is -4.45. The van der Waals surface area contributed by atoms with Gasteiger partial charge in [0.25, 0.3) is 0 Å². The molecule has 0 aliphatic rings. The fourth-order valence-electron chi connectivity index (χ4n) is 1.59. The Hall–Kier alpha value is -1.69. The lowest BCUT2D eigenvalue weighted by Gasteiger charge is -2.15. The molecular weight excluding hydrogens is 321 g/mol. The lowest BCUT2D eigenvalue weighted by molar-refractivity contribution is -0.136. The van der Waals surface area contributed by atoms with Crippen LogP contribution in [0.25, 0.3) is 0 Å². The van der Waals surface area contributed by atoms with Gasteiger partial charge in [-0.3, -0.25) is 0 Å². The van der Waals surface area contributed by atoms with E-state index in [9.17, 15) is 13.2 Å². The van der Waals surface area contributed by atoms with Gasteiger partial charge in [-0.1, -0.05) is 15.9 Å². The molecule has 2 aromatic carbocycles. The third-order valence-electron chi connectivity index (χ3n) is 2.47. The maximum Gasteiger partial charge on any atom is 0.418 e. The molecule has 0 heterocycles. The molecule has 0 saturated carbocycles. The summed E-state index contributed by atoms with van der Waals surface area (Å²) in [7, 11) is 0. The smallest absolute Gasteiger partial charge is 0.399 e. The van der Waals surface area contributed by atoms with E-state index in [1.807, 2.05) is 0 Å². The predicted molar refractivity (Wildman–Crippen MR) is 73.3 cm³/mol. The Morgan fingerprint density at radius 2 is 1.63 bits per heavy atom. The van der Waals surface area contributed by atoms with E-state index in [-0.39, 0.29) is 11.4 Å². The van der Waals surface area contributed by atoms with E-state index in [0.717, 1.165) is 10.5 Å². The van der Waals surface area contributed by atoms with Gasteiger partial charge in [0.2, 0.25) is 0 Å². The molecule has 0 unspecified atom stereocenters. The zero-order valence-corrected chi connectivity index (χ0v) is 11.2. The highest BCUT2D eigenvalue weighted by molar-refractivity contribution is 9.10. The average molecular weight is 331 g/mol. The zero-order chi connectivity index (χ0) is 14.0. The second-order valence-corrected chi connectivity index (χ2v) is 4.85. The van der Waals surface area contributed by atoms with Crippen molar-refractivity contribution in [1.82, 2.24) is 0 Å². The molecule has 0 fully saturated rings. The molecule has 19 heavy (non-hydrogen) atoms. The molecule has 0 spiro atoms. The summed E-state index contributed by atoms with van der Waals surface area (Å²) in [5, 5.41) is 2.74. The Bertz CT molecular complexity index is 579. The second kappa shape index (κ2) is 5.13. The number of anilines is 3. The Morgan fingerprint density at radius 3 is 2.21 bits per heavy atom. The van der Waals surface area contributed by atoms with Crippen molar-refractivity contribution < 1.29 is 13.2 Å². The Labute approximate surface area is 116 Å². The molecule has 2 nitrogen and oxygen atoms in total. The molecule has 0 atom stereocenters. The first-order chi connectivity index (χ1) is 8.86. The summed E-state index contributed by atoms with van der Waals surface area (Å²) < 4.78 is 39.5. The van der Waals surface area contributed by atoms with Gasteiger partial charge in [-0.05, 0) is 42.5 Å². The first-order valence-electron chi connectivity index (χ1n) is 5.35. The molecule has 0 aliphatic heterocycles. The number of nitrogens with two attached hydrogens (primary N) is 1. The number of benzene rings is 2. The molecular formula is C13H10BrF3N2. The van der Waals surface area contributed by atoms with Crippen LogP contribution in [0, 0.1) is 0 Å². The van der Waals surface area contributed by atoms with Gasteiger partial charge in [0.15, 0.2) is 0 Å². The fourth-order valence-corrected chi connectivity index (χ4v) is 1.86. The summed E-state index contributed by atoms with van der Waals surface area (Å²) in [6.07, 6.45) is -4.45. The van der Waals surface area contributed by atoms with E-state index in [0.29, 0.717) is 5.69 Å². The van der Waals surface area contributed by atoms with Gasteiger partial charge in [-0.25, -0.2) is 0 Å². The van der Waals surface area contributed by atoms with Gasteiger partial charge in [0, 0.05) is 15.8 Å². The van der Waals surface area contributed by atoms with Crippen molar-refractivity contribution in [3.05, 3.63) is 52.5 Å². The topological polar surface area (TPSA) is 38.0 Å². The lowest BCUT2D eigenvalue weighted by atomic mass is 10.1. The number of rotatable bonds is 2. The van der Waals surface area contributed by atoms with Crippen molar-refractivity contribution in [3.63, 3.8) is 0 Å². The first-order valence-corrected chi connectivity index (χ1v) is 6.15. The van der Waals surface area contributed by atoms with E-state index < -0.39 is 11.7 Å². The highest BCUT2D eigenvalue weighted by atomic mass is 79.9. The first kappa shape index (κ1) is 13.7. The van der Waals surface area contributed by atoms with Gasteiger partial charge in [0.05, 0.1) is 11.3 Å². The van der Waals surface area contributed by atoms with Crippen LogP contribution >= 0.6 is 15.9 Å². The summed E-state index contributed by atoms with van der Waals surface area (Å²) in [5.74, 6) is 0. The number of nitrogens with one attached hydrogen (secondary N) is 1. The minimum Gasteiger partial charge on any atom is -0.399 e. The van der Waals surface area contributed by atoms with Crippen molar-refractivity contribution in [2.75, 3.05) is 11.1 Å². The summed E-state index contributed by atoms with van der Waals surface area (Å²) >= 11 is 3.26. The molecule has 0 saturated heterocycles. The quantitative estimate of drug-likeness (QED) is 0.776. The van der Waals surface area contributed by atoms with E-state index in [1.54, 1.807) is 24.3 Å². The molecule has 2 rings (SSSR count). The third-order valence-corrected chi connectivity index (χ3v) is 3.00. The highest BCUT2D eigenvalue weighted by Gasteiger charge is 2.33. The van der Waals surface area contributed by atoms with Crippen LogP contribution in [0.2, 0.25) is 0 Å². The Kier molecular flexibility index (Phi) is 3.71. The third kappa shape index (κ3) is 3.41. The molecule has 0 radical (unpaired) electrons. The van der Waals surface area contributed by atoms with Gasteiger partial charge in [-0.2, -0.15) is 13.2 Å². The van der Waals surface area contributed by atoms with Crippen LogP contribution in [0.3, 0.4) is 0 Å². The van der Waals surface area contributed by atoms with E-state index in [1.165, 1.54) is 12.1 Å². The van der Waals surface area contributed by atoms with Crippen LogP contribution in [-0.4, -0.2) is 0 Å². The maximum absolute atomic E-state index is 12.9. The Morgan fingerprint density at radius 1 is 1.00 bits per heavy atom. The van der Waals surface area contributed by atoms with Crippen molar-refractivity contribution >= 4 is 33.0 Å². The van der Waals surface area contributed by atoms with Gasteiger partial charge >= 0.3 is 6.18 Å². The minimum absolute atomic E-state index is 0.0241. The standard InChI is InChI=1S/C13H10BrF3N2/c14-8-1-4-10(5-2-8)19-12-6-3-9(18)7-11(12)13(15,16)17/h1-7,19H,18H2. The maximum atomic E-state index is 12.9. The largest absolute Gasteiger partial charge is 0.418 e. The monoisotopic (exact) mass is 330 g/mol. The molecule has 0 bridgehead atoms. The van der Waals surface area contributed by atoms with Crippen LogP contribution in [0.4, 0.5) is 30.2 Å². The molecule has 2 aromatic rings. The molecule has 0 aliphatic carbocycles. The summed E-state index contributed by atoms with van der Waals surface area (Å²) in [6, 6.07) is 10.5. The predicted octanol–water partition coefficient (Wildman–Crippen LogP) is 4.79. The Balaban J connectivity index is 2.37. The van der Waals surface area contributed by atoms with Crippen LogP contribution < -0.4 is 11.1 Å². The molecule has 0 amide bonds. The number of hydrogen-bond acceptors (Lipinski definition) is 2. The summed E-state index contributed by atoms with van der Waals surface area (Å²) in [5.41, 5.74) is 5.24. The summed E-state index contributed by atoms with van der Waals surface area (Å²) in [6.45, 7) is 0. The number of halogens is 4. The summed E-state index contributed by atoms with van der Waals surface area (Å²) in [4.78, 5) is 0. The number of alkyl halides is 3. The number of hydrogen-bond donors (Lipinski definition) is 2. The van der Waals surface area contributed by atoms with Crippen molar-refractivity contribution in [2.24, 2.45) is 0 Å². The van der Waals surface area contributed by atoms with Crippen LogP contribution in [0.1, 0.15) is 5.56 Å². The molecule has 0 aromatic heterocycles. The number of nitrogen functional groups attached to an aromatic ring is 1. The second-order valence-electron chi connectivity index (χ2n) is 3.93. The van der Waals surface area contributed by atoms with Crippen molar-refractivity contribution in [3.8, 4) is 0 Å². The van der Waals surface area contributed by atoms with E-state index in [2.05, 4.69) is 21.2 Å². The molecule has 6 heteroatoms. The SMILES string of the molecule is Nc1ccc(Nc2ccc(Br)cc2)c(C(F)(F)F)c1. The molecule has 3 N–H and O–H groups in total. The zero-order valence-electron chi connectivity index (χ0n) is 9.63. The normalized spacial score (nSPS) is 11.4. The van der Waals surface area contributed by atoms with Gasteiger partial charge in [0.1, 0.15) is 0 Å². The van der Waals surface area contributed by atoms with Gasteiger partial charge < -0.3 is 11.1 Å². The highest BCUT2D eigenvalue weighted by Crippen LogP contribution is 2.37. The van der Waals surface area contributed by atoms with Crippen LogP contribution in [0.5, 0.6) is 0 Å². The van der Waals surface area contributed by atoms with Crippen molar-refractivity contribution in [2.45, 2.75) is 6.18 Å². The van der Waals surface area contributed by atoms with Crippen molar-refractivity contribution in [1.29, 1.82) is 0 Å². The van der Waals surface area contributed by atoms with E-state index in [4.69, 9.17) is 5.73 Å². The fraction of sp³-hybridized carbons (Fsp3) is 0.0769. The average Bonchev–Trinajstić information content (AvgIpc) is 2.33. The van der Waals surface area contributed by atoms with E-state index >= 15 is 0 Å².